The van der Waals surface area contributed by atoms with Gasteiger partial charge < -0.3 is 9.73 Å². The van der Waals surface area contributed by atoms with E-state index in [4.69, 9.17) is 4.42 Å². The number of rotatable bonds is 4. The first kappa shape index (κ1) is 15.1. The predicted molar refractivity (Wildman–Crippen MR) is 94.9 cm³/mol. The molecular formula is C20H15N3O2. The number of aromatic nitrogens is 2. The molecule has 25 heavy (non-hydrogen) atoms. The third-order valence-corrected chi connectivity index (χ3v) is 3.95. The van der Waals surface area contributed by atoms with Crippen LogP contribution in [-0.4, -0.2) is 16.1 Å². The second-order valence-corrected chi connectivity index (χ2v) is 5.57. The first-order valence-corrected chi connectivity index (χ1v) is 7.94. The molecule has 122 valence electrons. The van der Waals surface area contributed by atoms with Crippen LogP contribution in [0, 0.1) is 0 Å². The van der Waals surface area contributed by atoms with Crippen molar-refractivity contribution in [2.24, 2.45) is 0 Å². The number of hydrogen-bond donors (Lipinski definition) is 1. The standard InChI is InChI=1S/C20H15N3O2/c24-20(21-13-15-9-6-12-25-15)18-16-10-4-5-11-17(16)22-23-19(18)14-7-2-1-3-8-14/h1-12H,13H2,(H,21,24). The van der Waals surface area contributed by atoms with Crippen molar-refractivity contribution in [3.05, 3.63) is 84.3 Å². The molecule has 2 aromatic heterocycles. The molecular weight excluding hydrogens is 314 g/mol. The number of carbonyl (C=O) groups is 1. The van der Waals surface area contributed by atoms with E-state index in [9.17, 15) is 4.79 Å². The zero-order chi connectivity index (χ0) is 17.1. The van der Waals surface area contributed by atoms with Crippen LogP contribution in [0.2, 0.25) is 0 Å². The van der Waals surface area contributed by atoms with Gasteiger partial charge in [-0.1, -0.05) is 48.5 Å². The van der Waals surface area contributed by atoms with Crippen LogP contribution in [0.25, 0.3) is 22.2 Å². The summed E-state index contributed by atoms with van der Waals surface area (Å²) in [6, 6.07) is 20.7. The van der Waals surface area contributed by atoms with E-state index in [1.807, 2.05) is 60.7 Å². The van der Waals surface area contributed by atoms with Crippen molar-refractivity contribution in [3.63, 3.8) is 0 Å². The van der Waals surface area contributed by atoms with Gasteiger partial charge in [-0.25, -0.2) is 0 Å². The van der Waals surface area contributed by atoms with Gasteiger partial charge in [-0.05, 0) is 18.2 Å². The third-order valence-electron chi connectivity index (χ3n) is 3.95. The number of nitrogens with zero attached hydrogens (tertiary/aromatic N) is 2. The molecule has 0 radical (unpaired) electrons. The number of nitrogens with one attached hydrogen (secondary N) is 1. The fraction of sp³-hybridized carbons (Fsp3) is 0.0500. The Hall–Kier alpha value is -3.47. The predicted octanol–water partition coefficient (Wildman–Crippen LogP) is 3.82. The Labute approximate surface area is 144 Å². The maximum atomic E-state index is 12.9. The van der Waals surface area contributed by atoms with Gasteiger partial charge in [0.1, 0.15) is 11.5 Å². The van der Waals surface area contributed by atoms with Crippen molar-refractivity contribution < 1.29 is 9.21 Å². The van der Waals surface area contributed by atoms with Crippen molar-refractivity contribution in [3.8, 4) is 11.3 Å². The van der Waals surface area contributed by atoms with Gasteiger partial charge in [0.05, 0.1) is 23.9 Å². The first-order chi connectivity index (χ1) is 12.3. The Balaban J connectivity index is 1.80. The minimum atomic E-state index is -0.207. The summed E-state index contributed by atoms with van der Waals surface area (Å²) in [6.07, 6.45) is 1.58. The van der Waals surface area contributed by atoms with Crippen molar-refractivity contribution in [2.75, 3.05) is 0 Å². The minimum Gasteiger partial charge on any atom is -0.467 e. The van der Waals surface area contributed by atoms with Gasteiger partial charge in [0.15, 0.2) is 0 Å². The Morgan fingerprint density at radius 1 is 0.920 bits per heavy atom. The molecule has 5 heteroatoms. The van der Waals surface area contributed by atoms with Gasteiger partial charge in [0, 0.05) is 10.9 Å². The van der Waals surface area contributed by atoms with Crippen LogP contribution in [0.4, 0.5) is 0 Å². The summed E-state index contributed by atoms with van der Waals surface area (Å²) in [4.78, 5) is 12.9. The van der Waals surface area contributed by atoms with Crippen molar-refractivity contribution in [2.45, 2.75) is 6.54 Å². The highest BCUT2D eigenvalue weighted by Gasteiger charge is 2.19. The Bertz CT molecular complexity index is 1010. The Kier molecular flexibility index (Phi) is 3.96. The molecule has 0 aliphatic rings. The average molecular weight is 329 g/mol. The van der Waals surface area contributed by atoms with Crippen molar-refractivity contribution in [1.82, 2.24) is 15.5 Å². The summed E-state index contributed by atoms with van der Waals surface area (Å²) in [5, 5.41) is 12.2. The lowest BCUT2D eigenvalue weighted by molar-refractivity contribution is 0.0950. The van der Waals surface area contributed by atoms with E-state index in [-0.39, 0.29) is 5.91 Å². The molecule has 1 N–H and O–H groups in total. The smallest absolute Gasteiger partial charge is 0.254 e. The third kappa shape index (κ3) is 2.99. The maximum absolute atomic E-state index is 12.9. The van der Waals surface area contributed by atoms with E-state index in [0.717, 1.165) is 10.9 Å². The fourth-order valence-corrected chi connectivity index (χ4v) is 2.75. The molecule has 1 amide bonds. The monoisotopic (exact) mass is 329 g/mol. The van der Waals surface area contributed by atoms with Crippen LogP contribution in [0.3, 0.4) is 0 Å². The molecule has 0 fully saturated rings. The Morgan fingerprint density at radius 2 is 1.72 bits per heavy atom. The molecule has 0 aliphatic carbocycles. The SMILES string of the molecule is O=C(NCc1ccco1)c1c(-c2ccccc2)nnc2ccccc12. The highest BCUT2D eigenvalue weighted by Crippen LogP contribution is 2.26. The highest BCUT2D eigenvalue weighted by molar-refractivity contribution is 6.10. The molecule has 4 aromatic rings. The van der Waals surface area contributed by atoms with Gasteiger partial charge in [-0.15, -0.1) is 10.2 Å². The lowest BCUT2D eigenvalue weighted by atomic mass is 10.0. The van der Waals surface area contributed by atoms with Gasteiger partial charge in [0.25, 0.3) is 5.91 Å². The molecule has 0 bridgehead atoms. The lowest BCUT2D eigenvalue weighted by Crippen LogP contribution is -2.24. The lowest BCUT2D eigenvalue weighted by Gasteiger charge is -2.11. The van der Waals surface area contributed by atoms with Crippen LogP contribution >= 0.6 is 0 Å². The first-order valence-electron chi connectivity index (χ1n) is 7.94. The average Bonchev–Trinajstić information content (AvgIpc) is 3.19. The van der Waals surface area contributed by atoms with Crippen LogP contribution < -0.4 is 5.32 Å². The number of amides is 1. The van der Waals surface area contributed by atoms with Gasteiger partial charge >= 0.3 is 0 Å². The van der Waals surface area contributed by atoms with E-state index in [2.05, 4.69) is 15.5 Å². The summed E-state index contributed by atoms with van der Waals surface area (Å²) < 4.78 is 5.28. The van der Waals surface area contributed by atoms with E-state index in [1.165, 1.54) is 0 Å². The van der Waals surface area contributed by atoms with Crippen molar-refractivity contribution >= 4 is 16.8 Å². The van der Waals surface area contributed by atoms with E-state index in [0.29, 0.717) is 29.1 Å². The van der Waals surface area contributed by atoms with Crippen LogP contribution in [0.5, 0.6) is 0 Å². The summed E-state index contributed by atoms with van der Waals surface area (Å²) in [6.45, 7) is 0.316. The molecule has 4 rings (SSSR count). The maximum Gasteiger partial charge on any atom is 0.254 e. The van der Waals surface area contributed by atoms with Crippen LogP contribution in [-0.2, 0) is 6.54 Å². The number of hydrogen-bond acceptors (Lipinski definition) is 4. The Morgan fingerprint density at radius 3 is 2.52 bits per heavy atom. The topological polar surface area (TPSA) is 68.0 Å². The zero-order valence-electron chi connectivity index (χ0n) is 13.3. The molecule has 0 saturated heterocycles. The highest BCUT2D eigenvalue weighted by atomic mass is 16.3. The van der Waals surface area contributed by atoms with Crippen molar-refractivity contribution in [1.29, 1.82) is 0 Å². The molecule has 5 nitrogen and oxygen atoms in total. The second-order valence-electron chi connectivity index (χ2n) is 5.57. The summed E-state index contributed by atoms with van der Waals surface area (Å²) in [5.74, 6) is 0.488. The number of fused-ring (bicyclic) bond motifs is 1. The molecule has 0 spiro atoms. The van der Waals surface area contributed by atoms with E-state index < -0.39 is 0 Å². The summed E-state index contributed by atoms with van der Waals surface area (Å²) >= 11 is 0. The van der Waals surface area contributed by atoms with Gasteiger partial charge in [-0.3, -0.25) is 4.79 Å². The summed E-state index contributed by atoms with van der Waals surface area (Å²) in [5.41, 5.74) is 2.62. The fourth-order valence-electron chi connectivity index (χ4n) is 2.75. The molecule has 0 aliphatic heterocycles. The number of furan rings is 1. The minimum absolute atomic E-state index is 0.207. The van der Waals surface area contributed by atoms with Gasteiger partial charge in [-0.2, -0.15) is 0 Å². The van der Waals surface area contributed by atoms with E-state index >= 15 is 0 Å². The largest absolute Gasteiger partial charge is 0.467 e. The number of carbonyl (C=O) groups excluding carboxylic acids is 1. The molecule has 0 saturated carbocycles. The van der Waals surface area contributed by atoms with Gasteiger partial charge in [0.2, 0.25) is 0 Å². The molecule has 2 heterocycles. The molecule has 0 unspecified atom stereocenters. The quantitative estimate of drug-likeness (QED) is 0.618. The second kappa shape index (κ2) is 6.57. The zero-order valence-corrected chi connectivity index (χ0v) is 13.3. The van der Waals surface area contributed by atoms with Crippen LogP contribution in [0.15, 0.2) is 77.4 Å². The normalized spacial score (nSPS) is 10.7. The molecule has 2 aromatic carbocycles. The van der Waals surface area contributed by atoms with Crippen LogP contribution in [0.1, 0.15) is 16.1 Å². The number of benzene rings is 2. The van der Waals surface area contributed by atoms with E-state index in [1.54, 1.807) is 12.3 Å². The molecule has 0 atom stereocenters. The summed E-state index contributed by atoms with van der Waals surface area (Å²) in [7, 11) is 0.